The molecular formula is C15H12BrNO4. The third-order valence-corrected chi connectivity index (χ3v) is 4.06. The molecule has 2 N–H and O–H groups in total. The van der Waals surface area contributed by atoms with Gasteiger partial charge in [0.05, 0.1) is 10.4 Å². The summed E-state index contributed by atoms with van der Waals surface area (Å²) in [6.07, 6.45) is 3.67. The number of para-hydroxylation sites is 1. The highest BCUT2D eigenvalue weighted by atomic mass is 79.9. The van der Waals surface area contributed by atoms with Crippen molar-refractivity contribution in [1.29, 1.82) is 0 Å². The first-order chi connectivity index (χ1) is 10.0. The number of halogens is 1. The van der Waals surface area contributed by atoms with Gasteiger partial charge in [0.2, 0.25) is 0 Å². The molecule has 0 saturated carbocycles. The van der Waals surface area contributed by atoms with Crippen LogP contribution in [0.3, 0.4) is 0 Å². The summed E-state index contributed by atoms with van der Waals surface area (Å²) in [7, 11) is 0. The number of amides is 1. The number of rotatable bonds is 3. The fourth-order valence-electron chi connectivity index (χ4n) is 2.37. The van der Waals surface area contributed by atoms with Gasteiger partial charge in [-0.15, -0.1) is 0 Å². The molecule has 108 valence electrons. The molecule has 0 radical (unpaired) electrons. The van der Waals surface area contributed by atoms with Crippen LogP contribution in [0.25, 0.3) is 11.0 Å². The normalized spacial score (nSPS) is 20.8. The number of benzene rings is 1. The van der Waals surface area contributed by atoms with Crippen LogP contribution in [0, 0.1) is 5.92 Å². The van der Waals surface area contributed by atoms with E-state index < -0.39 is 11.9 Å². The van der Waals surface area contributed by atoms with Crippen molar-refractivity contribution in [2.75, 3.05) is 0 Å². The van der Waals surface area contributed by atoms with Crippen molar-refractivity contribution in [3.63, 3.8) is 0 Å². The van der Waals surface area contributed by atoms with Gasteiger partial charge in [-0.05, 0) is 34.5 Å². The molecule has 1 amide bonds. The van der Waals surface area contributed by atoms with Crippen LogP contribution in [0.15, 0.2) is 45.3 Å². The average molecular weight is 350 g/mol. The van der Waals surface area contributed by atoms with E-state index in [9.17, 15) is 9.59 Å². The van der Waals surface area contributed by atoms with Gasteiger partial charge in [0.25, 0.3) is 5.91 Å². The Morgan fingerprint density at radius 1 is 1.33 bits per heavy atom. The lowest BCUT2D eigenvalue weighted by Gasteiger charge is -2.10. The first-order valence-corrected chi connectivity index (χ1v) is 7.24. The van der Waals surface area contributed by atoms with Crippen LogP contribution in [0.2, 0.25) is 0 Å². The number of furan rings is 1. The Bertz CT molecular complexity index is 749. The topological polar surface area (TPSA) is 79.5 Å². The van der Waals surface area contributed by atoms with E-state index in [1.165, 1.54) is 0 Å². The molecule has 5 nitrogen and oxygen atoms in total. The van der Waals surface area contributed by atoms with Crippen molar-refractivity contribution in [2.24, 2.45) is 5.92 Å². The molecular weight excluding hydrogens is 338 g/mol. The molecule has 21 heavy (non-hydrogen) atoms. The third-order valence-electron chi connectivity index (χ3n) is 3.44. The van der Waals surface area contributed by atoms with Crippen LogP contribution in [0.4, 0.5) is 0 Å². The first kappa shape index (κ1) is 13.9. The van der Waals surface area contributed by atoms with Crippen LogP contribution in [-0.2, 0) is 4.79 Å². The second-order valence-corrected chi connectivity index (χ2v) is 5.77. The van der Waals surface area contributed by atoms with Crippen LogP contribution in [0.5, 0.6) is 0 Å². The number of aliphatic carboxylic acids is 1. The van der Waals surface area contributed by atoms with Gasteiger partial charge in [0.1, 0.15) is 5.58 Å². The van der Waals surface area contributed by atoms with Gasteiger partial charge in [-0.25, -0.2) is 0 Å². The number of hydrogen-bond donors (Lipinski definition) is 2. The van der Waals surface area contributed by atoms with Crippen molar-refractivity contribution in [2.45, 2.75) is 12.5 Å². The molecule has 1 aliphatic carbocycles. The maximum atomic E-state index is 12.2. The first-order valence-electron chi connectivity index (χ1n) is 6.44. The number of nitrogens with one attached hydrogen (secondary N) is 1. The van der Waals surface area contributed by atoms with E-state index in [1.54, 1.807) is 18.2 Å². The Balaban J connectivity index is 1.75. The number of carbonyl (C=O) groups is 2. The molecule has 0 aliphatic heterocycles. The van der Waals surface area contributed by atoms with Gasteiger partial charge < -0.3 is 14.8 Å². The Morgan fingerprint density at radius 3 is 2.81 bits per heavy atom. The standard InChI is InChI=1S/C15H12BrNO4/c16-11-3-1-2-8-7-12(21-13(8)11)14(18)17-10-5-4-9(6-10)15(19)20/h1-5,7,9-10H,6H2,(H,17,18)(H,19,20). The van der Waals surface area contributed by atoms with E-state index in [0.29, 0.717) is 12.0 Å². The fraction of sp³-hybridized carbons (Fsp3) is 0.200. The van der Waals surface area contributed by atoms with E-state index in [-0.39, 0.29) is 17.7 Å². The zero-order valence-electron chi connectivity index (χ0n) is 10.9. The highest BCUT2D eigenvalue weighted by Gasteiger charge is 2.26. The fourth-order valence-corrected chi connectivity index (χ4v) is 2.83. The molecule has 1 aromatic heterocycles. The SMILES string of the molecule is O=C(NC1C=CC(C(=O)O)C1)c1cc2cccc(Br)c2o1. The number of carboxylic acid groups (broad SMARTS) is 1. The lowest BCUT2D eigenvalue weighted by atomic mass is 10.1. The summed E-state index contributed by atoms with van der Waals surface area (Å²) in [5.41, 5.74) is 0.619. The maximum Gasteiger partial charge on any atom is 0.310 e. The summed E-state index contributed by atoms with van der Waals surface area (Å²) in [5.74, 6) is -1.56. The second kappa shape index (κ2) is 5.37. The Labute approximate surface area is 128 Å². The van der Waals surface area contributed by atoms with Crippen molar-refractivity contribution >= 4 is 38.8 Å². The molecule has 2 aromatic rings. The molecule has 0 saturated heterocycles. The molecule has 1 aromatic carbocycles. The highest BCUT2D eigenvalue weighted by molar-refractivity contribution is 9.10. The van der Waals surface area contributed by atoms with Gasteiger partial charge in [0, 0.05) is 11.4 Å². The maximum absolute atomic E-state index is 12.2. The largest absolute Gasteiger partial charge is 0.481 e. The molecule has 0 spiro atoms. The van der Waals surface area contributed by atoms with Crippen LogP contribution in [0.1, 0.15) is 17.0 Å². The number of fused-ring (bicyclic) bond motifs is 1. The van der Waals surface area contributed by atoms with Gasteiger partial charge in [-0.3, -0.25) is 9.59 Å². The van der Waals surface area contributed by atoms with Gasteiger partial charge in [-0.2, -0.15) is 0 Å². The summed E-state index contributed by atoms with van der Waals surface area (Å²) in [6.45, 7) is 0. The zero-order chi connectivity index (χ0) is 15.0. The van der Waals surface area contributed by atoms with E-state index in [4.69, 9.17) is 9.52 Å². The molecule has 1 heterocycles. The molecule has 6 heteroatoms. The monoisotopic (exact) mass is 349 g/mol. The Kier molecular flexibility index (Phi) is 3.55. The van der Waals surface area contributed by atoms with Crippen LogP contribution >= 0.6 is 15.9 Å². The van der Waals surface area contributed by atoms with Gasteiger partial charge in [0.15, 0.2) is 5.76 Å². The minimum Gasteiger partial charge on any atom is -0.481 e. The van der Waals surface area contributed by atoms with E-state index >= 15 is 0 Å². The van der Waals surface area contributed by atoms with Gasteiger partial charge >= 0.3 is 5.97 Å². The summed E-state index contributed by atoms with van der Waals surface area (Å²) >= 11 is 3.37. The minimum absolute atomic E-state index is 0.212. The van der Waals surface area contributed by atoms with Crippen molar-refractivity contribution < 1.29 is 19.1 Å². The summed E-state index contributed by atoms with van der Waals surface area (Å²) in [4.78, 5) is 23.0. The van der Waals surface area contributed by atoms with E-state index in [2.05, 4.69) is 21.2 Å². The molecule has 3 rings (SSSR count). The smallest absolute Gasteiger partial charge is 0.310 e. The molecule has 1 aliphatic rings. The second-order valence-electron chi connectivity index (χ2n) is 4.91. The molecule has 0 fully saturated rings. The Hall–Kier alpha value is -2.08. The van der Waals surface area contributed by atoms with Crippen molar-refractivity contribution in [1.82, 2.24) is 5.32 Å². The highest BCUT2D eigenvalue weighted by Crippen LogP contribution is 2.27. The van der Waals surface area contributed by atoms with Crippen LogP contribution < -0.4 is 5.32 Å². The molecule has 0 bridgehead atoms. The molecule has 2 unspecified atom stereocenters. The number of carboxylic acids is 1. The molecule has 2 atom stereocenters. The quantitative estimate of drug-likeness (QED) is 0.835. The summed E-state index contributed by atoms with van der Waals surface area (Å²) in [6, 6.07) is 6.94. The third kappa shape index (κ3) is 2.71. The lowest BCUT2D eigenvalue weighted by Crippen LogP contribution is -2.33. The zero-order valence-corrected chi connectivity index (χ0v) is 12.5. The minimum atomic E-state index is -0.879. The predicted molar refractivity (Wildman–Crippen MR) is 80.1 cm³/mol. The van der Waals surface area contributed by atoms with Gasteiger partial charge in [-0.1, -0.05) is 24.3 Å². The predicted octanol–water partition coefficient (Wildman–Crippen LogP) is 2.95. The average Bonchev–Trinajstić information content (AvgIpc) is 3.05. The summed E-state index contributed by atoms with van der Waals surface area (Å²) in [5, 5.41) is 12.5. The van der Waals surface area contributed by atoms with Crippen molar-refractivity contribution in [3.8, 4) is 0 Å². The lowest BCUT2D eigenvalue weighted by molar-refractivity contribution is -0.140. The number of hydrogen-bond acceptors (Lipinski definition) is 3. The number of carbonyl (C=O) groups excluding carboxylic acids is 1. The summed E-state index contributed by atoms with van der Waals surface area (Å²) < 4.78 is 6.33. The Morgan fingerprint density at radius 2 is 2.14 bits per heavy atom. The van der Waals surface area contributed by atoms with E-state index in [0.717, 1.165) is 9.86 Å². The van der Waals surface area contributed by atoms with Crippen LogP contribution in [-0.4, -0.2) is 23.0 Å². The van der Waals surface area contributed by atoms with Crippen molar-refractivity contribution in [3.05, 3.63) is 46.7 Å². The van der Waals surface area contributed by atoms with E-state index in [1.807, 2.05) is 18.2 Å².